The van der Waals surface area contributed by atoms with Crippen LogP contribution in [0.3, 0.4) is 0 Å². The van der Waals surface area contributed by atoms with Crippen LogP contribution < -0.4 is 0 Å². The van der Waals surface area contributed by atoms with Crippen molar-refractivity contribution in [1.82, 2.24) is 0 Å². The lowest BCUT2D eigenvalue weighted by Crippen LogP contribution is -2.12. The molecule has 0 atom stereocenters. The molecule has 4 heteroatoms. The minimum absolute atomic E-state index is 0.113. The van der Waals surface area contributed by atoms with Crippen LogP contribution in [0.25, 0.3) is 0 Å². The summed E-state index contributed by atoms with van der Waals surface area (Å²) in [5.74, 6) is -1.22. The van der Waals surface area contributed by atoms with Crippen LogP contribution >= 0.6 is 0 Å². The van der Waals surface area contributed by atoms with Crippen LogP contribution in [-0.4, -0.2) is 19.0 Å². The van der Waals surface area contributed by atoms with Gasteiger partial charge in [-0.05, 0) is 24.5 Å². The highest BCUT2D eigenvalue weighted by atomic mass is 19.1. The van der Waals surface area contributed by atoms with Crippen molar-refractivity contribution in [3.8, 4) is 0 Å². The summed E-state index contributed by atoms with van der Waals surface area (Å²) >= 11 is 0. The van der Waals surface area contributed by atoms with Crippen molar-refractivity contribution in [3.05, 3.63) is 35.4 Å². The predicted octanol–water partition coefficient (Wildman–Crippen LogP) is 2.96. The molecule has 1 aliphatic carbocycles. The van der Waals surface area contributed by atoms with Gasteiger partial charge in [0, 0.05) is 12.7 Å². The van der Waals surface area contributed by atoms with Gasteiger partial charge >= 0.3 is 0 Å². The third-order valence-corrected chi connectivity index (χ3v) is 2.83. The van der Waals surface area contributed by atoms with Gasteiger partial charge in [0.2, 0.25) is 0 Å². The van der Waals surface area contributed by atoms with Crippen LogP contribution in [0.15, 0.2) is 18.2 Å². The Morgan fingerprint density at radius 3 is 2.76 bits per heavy atom. The molecule has 1 aliphatic rings. The predicted molar refractivity (Wildman–Crippen MR) is 58.8 cm³/mol. The van der Waals surface area contributed by atoms with Gasteiger partial charge in [0.05, 0.1) is 5.56 Å². The molecule has 0 saturated heterocycles. The maximum Gasteiger partial charge on any atom is 0.191 e. The molecule has 0 amide bonds. The second-order valence-corrected chi connectivity index (χ2v) is 4.33. The molecule has 1 aromatic carbocycles. The fourth-order valence-corrected chi connectivity index (χ4v) is 1.61. The molecular weight excluding hydrogens is 226 g/mol. The standard InChI is InChI=1S/C13H14F2O2/c14-10-3-4-11(12(15)7-10)13(16)8-17-6-5-9-1-2-9/h3-4,7,9H,1-2,5-6,8H2. The van der Waals surface area contributed by atoms with Gasteiger partial charge in [-0.25, -0.2) is 8.78 Å². The first-order valence-electron chi connectivity index (χ1n) is 5.73. The Bertz CT molecular complexity index is 414. The Morgan fingerprint density at radius 2 is 2.12 bits per heavy atom. The van der Waals surface area contributed by atoms with E-state index in [9.17, 15) is 13.6 Å². The van der Waals surface area contributed by atoms with E-state index in [0.717, 1.165) is 24.5 Å². The molecule has 0 aliphatic heterocycles. The maximum absolute atomic E-state index is 13.2. The van der Waals surface area contributed by atoms with Crippen molar-refractivity contribution in [2.45, 2.75) is 19.3 Å². The third-order valence-electron chi connectivity index (χ3n) is 2.83. The number of rotatable bonds is 6. The summed E-state index contributed by atoms with van der Waals surface area (Å²) in [5.41, 5.74) is -0.113. The van der Waals surface area contributed by atoms with Crippen molar-refractivity contribution in [2.75, 3.05) is 13.2 Å². The summed E-state index contributed by atoms with van der Waals surface area (Å²) in [6.07, 6.45) is 3.44. The average molecular weight is 240 g/mol. The number of hydrogen-bond acceptors (Lipinski definition) is 2. The van der Waals surface area contributed by atoms with Gasteiger partial charge < -0.3 is 4.74 Å². The number of ketones is 1. The number of benzene rings is 1. The van der Waals surface area contributed by atoms with Crippen LogP contribution in [0.1, 0.15) is 29.6 Å². The lowest BCUT2D eigenvalue weighted by Gasteiger charge is -2.04. The molecule has 1 aromatic rings. The van der Waals surface area contributed by atoms with E-state index in [-0.39, 0.29) is 12.2 Å². The molecule has 92 valence electrons. The summed E-state index contributed by atoms with van der Waals surface area (Å²) < 4.78 is 31.0. The topological polar surface area (TPSA) is 26.3 Å². The fourth-order valence-electron chi connectivity index (χ4n) is 1.61. The number of halogens is 2. The first kappa shape index (κ1) is 12.2. The zero-order valence-corrected chi connectivity index (χ0v) is 9.42. The molecule has 0 heterocycles. The van der Waals surface area contributed by atoms with Gasteiger partial charge in [0.15, 0.2) is 5.78 Å². The van der Waals surface area contributed by atoms with E-state index in [1.54, 1.807) is 0 Å². The van der Waals surface area contributed by atoms with Gasteiger partial charge in [0.25, 0.3) is 0 Å². The van der Waals surface area contributed by atoms with Crippen molar-refractivity contribution in [3.63, 3.8) is 0 Å². The molecule has 1 fully saturated rings. The zero-order valence-electron chi connectivity index (χ0n) is 9.42. The normalized spacial score (nSPS) is 14.9. The number of carbonyl (C=O) groups is 1. The van der Waals surface area contributed by atoms with E-state index in [0.29, 0.717) is 12.7 Å². The first-order valence-corrected chi connectivity index (χ1v) is 5.73. The monoisotopic (exact) mass is 240 g/mol. The highest BCUT2D eigenvalue weighted by Gasteiger charge is 2.20. The number of ether oxygens (including phenoxy) is 1. The van der Waals surface area contributed by atoms with Crippen molar-refractivity contribution >= 4 is 5.78 Å². The number of hydrogen-bond donors (Lipinski definition) is 0. The van der Waals surface area contributed by atoms with E-state index in [1.807, 2.05) is 0 Å². The fraction of sp³-hybridized carbons (Fsp3) is 0.462. The Balaban J connectivity index is 1.81. The van der Waals surface area contributed by atoms with Crippen LogP contribution in [0.4, 0.5) is 8.78 Å². The van der Waals surface area contributed by atoms with E-state index in [2.05, 4.69) is 0 Å². The molecule has 0 spiro atoms. The van der Waals surface area contributed by atoms with E-state index >= 15 is 0 Å². The van der Waals surface area contributed by atoms with E-state index in [4.69, 9.17) is 4.74 Å². The Kier molecular flexibility index (Phi) is 3.84. The minimum atomic E-state index is -0.833. The summed E-state index contributed by atoms with van der Waals surface area (Å²) in [7, 11) is 0. The van der Waals surface area contributed by atoms with Crippen LogP contribution in [0.5, 0.6) is 0 Å². The van der Waals surface area contributed by atoms with E-state index < -0.39 is 17.4 Å². The Morgan fingerprint density at radius 1 is 1.35 bits per heavy atom. The van der Waals surface area contributed by atoms with Gasteiger partial charge in [-0.3, -0.25) is 4.79 Å². The Labute approximate surface area is 98.6 Å². The second-order valence-electron chi connectivity index (χ2n) is 4.33. The van der Waals surface area contributed by atoms with Gasteiger partial charge in [-0.15, -0.1) is 0 Å². The quantitative estimate of drug-likeness (QED) is 0.564. The number of carbonyl (C=O) groups excluding carboxylic acids is 1. The smallest absolute Gasteiger partial charge is 0.191 e. The zero-order chi connectivity index (χ0) is 12.3. The summed E-state index contributed by atoms with van der Waals surface area (Å²) in [6.45, 7) is 0.383. The molecule has 17 heavy (non-hydrogen) atoms. The molecule has 2 rings (SSSR count). The Hall–Kier alpha value is -1.29. The van der Waals surface area contributed by atoms with Crippen molar-refractivity contribution in [1.29, 1.82) is 0 Å². The SMILES string of the molecule is O=C(COCCC1CC1)c1ccc(F)cc1F. The summed E-state index contributed by atoms with van der Waals surface area (Å²) in [4.78, 5) is 11.5. The lowest BCUT2D eigenvalue weighted by molar-refractivity contribution is 0.0744. The van der Waals surface area contributed by atoms with Crippen molar-refractivity contribution in [2.24, 2.45) is 5.92 Å². The highest BCUT2D eigenvalue weighted by Crippen LogP contribution is 2.32. The van der Waals surface area contributed by atoms with Crippen molar-refractivity contribution < 1.29 is 18.3 Å². The molecule has 1 saturated carbocycles. The van der Waals surface area contributed by atoms with Crippen LogP contribution in [0, 0.1) is 17.6 Å². The van der Waals surface area contributed by atoms with Gasteiger partial charge in [-0.2, -0.15) is 0 Å². The van der Waals surface area contributed by atoms with Gasteiger partial charge in [0.1, 0.15) is 18.2 Å². The first-order chi connectivity index (χ1) is 8.16. The van der Waals surface area contributed by atoms with Gasteiger partial charge in [-0.1, -0.05) is 12.8 Å². The van der Waals surface area contributed by atoms with Crippen LogP contribution in [-0.2, 0) is 4.74 Å². The second kappa shape index (κ2) is 5.36. The summed E-state index contributed by atoms with van der Waals surface area (Å²) in [6, 6.07) is 2.93. The van der Waals surface area contributed by atoms with Crippen LogP contribution in [0.2, 0.25) is 0 Å². The molecule has 0 radical (unpaired) electrons. The lowest BCUT2D eigenvalue weighted by atomic mass is 10.1. The molecule has 0 unspecified atom stereocenters. The maximum atomic E-state index is 13.2. The minimum Gasteiger partial charge on any atom is -0.373 e. The molecule has 0 bridgehead atoms. The highest BCUT2D eigenvalue weighted by molar-refractivity contribution is 5.97. The summed E-state index contributed by atoms with van der Waals surface area (Å²) in [5, 5.41) is 0. The molecule has 0 N–H and O–H groups in total. The number of Topliss-reactive ketones (excluding diaryl/α,β-unsaturated/α-hetero) is 1. The largest absolute Gasteiger partial charge is 0.373 e. The molecule has 0 aromatic heterocycles. The average Bonchev–Trinajstić information content (AvgIpc) is 3.08. The molecular formula is C13H14F2O2. The molecule has 2 nitrogen and oxygen atoms in total. The third kappa shape index (κ3) is 3.60. The van der Waals surface area contributed by atoms with E-state index in [1.165, 1.54) is 12.8 Å².